The number of hydrogen-bond acceptors (Lipinski definition) is 4. The lowest BCUT2D eigenvalue weighted by molar-refractivity contribution is -0.144. The predicted molar refractivity (Wildman–Crippen MR) is 76.8 cm³/mol. The monoisotopic (exact) mass is 281 g/mol. The third-order valence-electron chi connectivity index (χ3n) is 2.66. The van der Waals surface area contributed by atoms with Gasteiger partial charge in [-0.25, -0.2) is 4.79 Å². The first-order valence-corrected chi connectivity index (χ1v) is 7.04. The Kier molecular flexibility index (Phi) is 6.29. The Balaban J connectivity index is 2.28. The van der Waals surface area contributed by atoms with Crippen molar-refractivity contribution in [2.24, 2.45) is 5.92 Å². The quantitative estimate of drug-likeness (QED) is 0.644. The van der Waals surface area contributed by atoms with Crippen LogP contribution in [-0.2, 0) is 14.3 Å². The number of esters is 1. The molecule has 1 aromatic heterocycles. The van der Waals surface area contributed by atoms with E-state index in [4.69, 9.17) is 4.74 Å². The molecule has 0 bridgehead atoms. The van der Waals surface area contributed by atoms with Gasteiger partial charge >= 0.3 is 5.97 Å². The summed E-state index contributed by atoms with van der Waals surface area (Å²) in [6, 6.07) is 3.86. The molecule has 0 saturated carbocycles. The van der Waals surface area contributed by atoms with E-state index >= 15 is 0 Å². The average Bonchev–Trinajstić information content (AvgIpc) is 2.86. The van der Waals surface area contributed by atoms with Gasteiger partial charge in [-0.1, -0.05) is 19.9 Å². The molecule has 0 saturated heterocycles. The normalized spacial score (nSPS) is 12.6. The lowest BCUT2D eigenvalue weighted by Gasteiger charge is -2.16. The number of nitrogens with one attached hydrogen (secondary N) is 1. The fraction of sp³-hybridized carbons (Fsp3) is 0.429. The summed E-state index contributed by atoms with van der Waals surface area (Å²) in [5, 5.41) is 4.69. The van der Waals surface area contributed by atoms with E-state index in [1.807, 2.05) is 38.3 Å². The van der Waals surface area contributed by atoms with Gasteiger partial charge in [0.15, 0.2) is 6.61 Å². The molecule has 0 spiro atoms. The Labute approximate surface area is 117 Å². The molecule has 0 aliphatic carbocycles. The SMILES string of the molecule is CC(C)[C@@H](C)NC(=O)COC(=O)/C=C/c1cccs1. The molecule has 1 rings (SSSR count). The molecular weight excluding hydrogens is 262 g/mol. The smallest absolute Gasteiger partial charge is 0.331 e. The van der Waals surface area contributed by atoms with Crippen LogP contribution in [0.3, 0.4) is 0 Å². The summed E-state index contributed by atoms with van der Waals surface area (Å²) in [6.07, 6.45) is 2.99. The van der Waals surface area contributed by atoms with E-state index in [1.54, 1.807) is 6.08 Å². The Bertz CT molecular complexity index is 438. The molecule has 0 radical (unpaired) electrons. The number of amides is 1. The largest absolute Gasteiger partial charge is 0.452 e. The number of carbonyl (C=O) groups excluding carboxylic acids is 2. The molecule has 0 aliphatic heterocycles. The van der Waals surface area contributed by atoms with Crippen LogP contribution in [-0.4, -0.2) is 24.5 Å². The van der Waals surface area contributed by atoms with Crippen molar-refractivity contribution < 1.29 is 14.3 Å². The van der Waals surface area contributed by atoms with E-state index in [1.165, 1.54) is 17.4 Å². The fourth-order valence-electron chi connectivity index (χ4n) is 1.18. The van der Waals surface area contributed by atoms with Crippen LogP contribution in [0.2, 0.25) is 0 Å². The molecule has 1 heterocycles. The molecule has 4 nitrogen and oxygen atoms in total. The third-order valence-corrected chi connectivity index (χ3v) is 3.50. The zero-order valence-corrected chi connectivity index (χ0v) is 12.2. The highest BCUT2D eigenvalue weighted by atomic mass is 32.1. The Morgan fingerprint density at radius 3 is 2.74 bits per heavy atom. The summed E-state index contributed by atoms with van der Waals surface area (Å²) in [4.78, 5) is 23.8. The molecule has 0 aliphatic rings. The minimum absolute atomic E-state index is 0.0628. The molecule has 0 aromatic carbocycles. The summed E-state index contributed by atoms with van der Waals surface area (Å²) in [7, 11) is 0. The van der Waals surface area contributed by atoms with Crippen molar-refractivity contribution in [2.75, 3.05) is 6.61 Å². The minimum Gasteiger partial charge on any atom is -0.452 e. The Hall–Kier alpha value is -1.62. The summed E-state index contributed by atoms with van der Waals surface area (Å²) in [5.41, 5.74) is 0. The van der Waals surface area contributed by atoms with Crippen LogP contribution < -0.4 is 5.32 Å². The van der Waals surface area contributed by atoms with E-state index in [-0.39, 0.29) is 18.6 Å². The zero-order chi connectivity index (χ0) is 14.3. The van der Waals surface area contributed by atoms with E-state index in [9.17, 15) is 9.59 Å². The minimum atomic E-state index is -0.513. The van der Waals surface area contributed by atoms with Crippen LogP contribution in [0.25, 0.3) is 6.08 Å². The van der Waals surface area contributed by atoms with Gasteiger partial charge in [0.2, 0.25) is 0 Å². The highest BCUT2D eigenvalue weighted by Crippen LogP contribution is 2.10. The van der Waals surface area contributed by atoms with Crippen molar-refractivity contribution in [1.82, 2.24) is 5.32 Å². The lowest BCUT2D eigenvalue weighted by atomic mass is 10.1. The molecule has 1 amide bonds. The van der Waals surface area contributed by atoms with Gasteiger partial charge in [0.25, 0.3) is 5.91 Å². The summed E-state index contributed by atoms with van der Waals surface area (Å²) >= 11 is 1.53. The second-order valence-electron chi connectivity index (χ2n) is 4.56. The fourth-order valence-corrected chi connectivity index (χ4v) is 1.80. The first-order chi connectivity index (χ1) is 8.99. The number of ether oxygens (including phenoxy) is 1. The van der Waals surface area contributed by atoms with Gasteiger partial charge < -0.3 is 10.1 Å². The maximum atomic E-state index is 11.5. The maximum absolute atomic E-state index is 11.5. The molecule has 0 fully saturated rings. The maximum Gasteiger partial charge on any atom is 0.331 e. The van der Waals surface area contributed by atoms with Crippen molar-refractivity contribution in [3.8, 4) is 0 Å². The Morgan fingerprint density at radius 1 is 1.42 bits per heavy atom. The highest BCUT2D eigenvalue weighted by molar-refractivity contribution is 7.10. The van der Waals surface area contributed by atoms with Gasteiger partial charge in [-0.3, -0.25) is 4.79 Å². The van der Waals surface area contributed by atoms with Gasteiger partial charge in [0.05, 0.1) is 0 Å². The second-order valence-corrected chi connectivity index (χ2v) is 5.54. The van der Waals surface area contributed by atoms with Gasteiger partial charge in [-0.05, 0) is 30.4 Å². The van der Waals surface area contributed by atoms with Crippen molar-refractivity contribution >= 4 is 29.3 Å². The van der Waals surface area contributed by atoms with Crippen molar-refractivity contribution in [3.05, 3.63) is 28.5 Å². The number of carbonyl (C=O) groups is 2. The van der Waals surface area contributed by atoms with Gasteiger partial charge in [-0.15, -0.1) is 11.3 Å². The van der Waals surface area contributed by atoms with Gasteiger partial charge in [-0.2, -0.15) is 0 Å². The van der Waals surface area contributed by atoms with Crippen LogP contribution >= 0.6 is 11.3 Å². The first-order valence-electron chi connectivity index (χ1n) is 6.16. The lowest BCUT2D eigenvalue weighted by Crippen LogP contribution is -2.38. The van der Waals surface area contributed by atoms with E-state index in [2.05, 4.69) is 5.32 Å². The van der Waals surface area contributed by atoms with Gasteiger partial charge in [0.1, 0.15) is 0 Å². The first kappa shape index (κ1) is 15.4. The van der Waals surface area contributed by atoms with Gasteiger partial charge in [0, 0.05) is 17.0 Å². The number of thiophene rings is 1. The number of rotatable bonds is 6. The van der Waals surface area contributed by atoms with Crippen LogP contribution in [0, 0.1) is 5.92 Å². The Morgan fingerprint density at radius 2 is 2.16 bits per heavy atom. The zero-order valence-electron chi connectivity index (χ0n) is 11.4. The molecule has 1 N–H and O–H groups in total. The predicted octanol–water partition coefficient (Wildman–Crippen LogP) is 2.47. The van der Waals surface area contributed by atoms with E-state index in [0.717, 1.165) is 4.88 Å². The average molecular weight is 281 g/mol. The van der Waals surface area contributed by atoms with E-state index < -0.39 is 5.97 Å². The van der Waals surface area contributed by atoms with Crippen molar-refractivity contribution in [1.29, 1.82) is 0 Å². The van der Waals surface area contributed by atoms with Crippen LogP contribution in [0.15, 0.2) is 23.6 Å². The van der Waals surface area contributed by atoms with Crippen molar-refractivity contribution in [2.45, 2.75) is 26.8 Å². The molecule has 1 aromatic rings. The molecule has 104 valence electrons. The molecule has 0 unspecified atom stereocenters. The standard InChI is InChI=1S/C14H19NO3S/c1-10(2)11(3)15-13(16)9-18-14(17)7-6-12-5-4-8-19-12/h4-8,10-11H,9H2,1-3H3,(H,15,16)/b7-6+/t11-/m1/s1. The molecule has 5 heteroatoms. The van der Waals surface area contributed by atoms with E-state index in [0.29, 0.717) is 5.92 Å². The van der Waals surface area contributed by atoms with Crippen molar-refractivity contribution in [3.63, 3.8) is 0 Å². The number of hydrogen-bond donors (Lipinski definition) is 1. The highest BCUT2D eigenvalue weighted by Gasteiger charge is 2.11. The van der Waals surface area contributed by atoms with Crippen LogP contribution in [0.4, 0.5) is 0 Å². The topological polar surface area (TPSA) is 55.4 Å². The third kappa shape index (κ3) is 6.20. The second kappa shape index (κ2) is 7.74. The molecule has 19 heavy (non-hydrogen) atoms. The van der Waals surface area contributed by atoms with Crippen LogP contribution in [0.5, 0.6) is 0 Å². The molecule has 1 atom stereocenters. The summed E-state index contributed by atoms with van der Waals surface area (Å²) in [5.74, 6) is -0.446. The summed E-state index contributed by atoms with van der Waals surface area (Å²) in [6.45, 7) is 5.70. The molecular formula is C14H19NO3S. The van der Waals surface area contributed by atoms with Crippen LogP contribution in [0.1, 0.15) is 25.6 Å². The summed E-state index contributed by atoms with van der Waals surface area (Å²) < 4.78 is 4.85.